The third-order valence-electron chi connectivity index (χ3n) is 4.74. The van der Waals surface area contributed by atoms with Crippen molar-refractivity contribution in [3.8, 4) is 11.1 Å². The number of nitrogens with zero attached hydrogens (tertiary/aromatic N) is 2. The van der Waals surface area contributed by atoms with Crippen LogP contribution in [0.3, 0.4) is 0 Å². The molecule has 1 heterocycles. The van der Waals surface area contributed by atoms with Gasteiger partial charge in [0, 0.05) is 18.1 Å². The minimum absolute atomic E-state index is 0.0244. The number of ether oxygens (including phenoxy) is 1. The number of anilines is 1. The summed E-state index contributed by atoms with van der Waals surface area (Å²) in [5.74, 6) is -1.21. The van der Waals surface area contributed by atoms with E-state index >= 15 is 0 Å². The van der Waals surface area contributed by atoms with Crippen molar-refractivity contribution < 1.29 is 22.7 Å². The predicted molar refractivity (Wildman–Crippen MR) is 128 cm³/mol. The molecule has 3 rings (SSSR count). The SMILES string of the molecule is Cn1nc(C(=O)NC(C)(C)COC(=O)CCl)c2ccc(-c3ccc(NS(C)(=O)=O)cc3)cc21. The molecule has 0 spiro atoms. The Morgan fingerprint density at radius 2 is 1.76 bits per heavy atom. The maximum absolute atomic E-state index is 12.9. The number of halogens is 1. The third kappa shape index (κ3) is 6.23. The summed E-state index contributed by atoms with van der Waals surface area (Å²) in [6, 6.07) is 12.6. The summed E-state index contributed by atoms with van der Waals surface area (Å²) in [7, 11) is -1.60. The zero-order valence-electron chi connectivity index (χ0n) is 18.7. The average Bonchev–Trinajstić information content (AvgIpc) is 3.07. The maximum atomic E-state index is 12.9. The molecule has 0 aliphatic rings. The number of aromatic nitrogens is 2. The van der Waals surface area contributed by atoms with E-state index in [0.717, 1.165) is 22.9 Å². The normalized spacial score (nSPS) is 11.9. The van der Waals surface area contributed by atoms with E-state index in [1.807, 2.05) is 30.3 Å². The predicted octanol–water partition coefficient (Wildman–Crippen LogP) is 2.90. The van der Waals surface area contributed by atoms with Crippen LogP contribution in [0.15, 0.2) is 42.5 Å². The van der Waals surface area contributed by atoms with Crippen molar-refractivity contribution in [3.63, 3.8) is 0 Å². The lowest BCUT2D eigenvalue weighted by Gasteiger charge is -2.25. The third-order valence-corrected chi connectivity index (χ3v) is 5.57. The van der Waals surface area contributed by atoms with Crippen LogP contribution in [0.2, 0.25) is 0 Å². The van der Waals surface area contributed by atoms with Gasteiger partial charge >= 0.3 is 5.97 Å². The minimum Gasteiger partial charge on any atom is -0.462 e. The van der Waals surface area contributed by atoms with E-state index in [1.54, 1.807) is 37.7 Å². The largest absolute Gasteiger partial charge is 0.462 e. The van der Waals surface area contributed by atoms with Crippen molar-refractivity contribution in [2.24, 2.45) is 7.05 Å². The molecule has 0 fully saturated rings. The van der Waals surface area contributed by atoms with Gasteiger partial charge in [-0.3, -0.25) is 19.0 Å². The highest BCUT2D eigenvalue weighted by molar-refractivity contribution is 7.92. The molecule has 0 aliphatic heterocycles. The van der Waals surface area contributed by atoms with Gasteiger partial charge in [0.1, 0.15) is 12.5 Å². The van der Waals surface area contributed by atoms with Gasteiger partial charge in [-0.25, -0.2) is 8.42 Å². The molecule has 1 aromatic heterocycles. The summed E-state index contributed by atoms with van der Waals surface area (Å²) >= 11 is 5.44. The van der Waals surface area contributed by atoms with Crippen LogP contribution in [0.25, 0.3) is 22.0 Å². The number of alkyl halides is 1. The van der Waals surface area contributed by atoms with Gasteiger partial charge in [-0.2, -0.15) is 5.10 Å². The smallest absolute Gasteiger partial charge is 0.320 e. The van der Waals surface area contributed by atoms with E-state index in [2.05, 4.69) is 15.1 Å². The molecule has 2 N–H and O–H groups in total. The molecule has 9 nitrogen and oxygen atoms in total. The zero-order valence-corrected chi connectivity index (χ0v) is 20.2. The zero-order chi connectivity index (χ0) is 24.4. The molecular weight excluding hydrogens is 468 g/mol. The van der Waals surface area contributed by atoms with Crippen molar-refractivity contribution >= 4 is 50.1 Å². The molecule has 0 radical (unpaired) electrons. The number of sulfonamides is 1. The fourth-order valence-electron chi connectivity index (χ4n) is 3.25. The lowest BCUT2D eigenvalue weighted by Crippen LogP contribution is -2.47. The van der Waals surface area contributed by atoms with Crippen molar-refractivity contribution in [1.82, 2.24) is 15.1 Å². The van der Waals surface area contributed by atoms with Gasteiger partial charge in [0.15, 0.2) is 5.69 Å². The molecule has 1 amide bonds. The van der Waals surface area contributed by atoms with Gasteiger partial charge in [-0.15, -0.1) is 11.6 Å². The average molecular weight is 493 g/mol. The van der Waals surface area contributed by atoms with Gasteiger partial charge in [0.05, 0.1) is 17.3 Å². The van der Waals surface area contributed by atoms with Gasteiger partial charge in [0.2, 0.25) is 10.0 Å². The Balaban J connectivity index is 1.83. The van der Waals surface area contributed by atoms with Gasteiger partial charge in [-0.05, 0) is 49.2 Å². The molecular formula is C22H25ClN4O5S. The van der Waals surface area contributed by atoms with E-state index in [-0.39, 0.29) is 18.2 Å². The number of nitrogens with one attached hydrogen (secondary N) is 2. The maximum Gasteiger partial charge on any atom is 0.320 e. The first-order chi connectivity index (χ1) is 15.4. The van der Waals surface area contributed by atoms with E-state index in [4.69, 9.17) is 16.3 Å². The first kappa shape index (κ1) is 24.5. The van der Waals surface area contributed by atoms with Crippen molar-refractivity contribution in [2.45, 2.75) is 19.4 Å². The van der Waals surface area contributed by atoms with Crippen LogP contribution in [0, 0.1) is 0 Å². The lowest BCUT2D eigenvalue weighted by atomic mass is 10.0. The molecule has 3 aromatic rings. The summed E-state index contributed by atoms with van der Waals surface area (Å²) in [6.07, 6.45) is 1.10. The molecule has 2 aromatic carbocycles. The Hall–Kier alpha value is -3.11. The van der Waals surface area contributed by atoms with Crippen molar-refractivity contribution in [1.29, 1.82) is 0 Å². The highest BCUT2D eigenvalue weighted by Gasteiger charge is 2.26. The topological polar surface area (TPSA) is 119 Å². The van der Waals surface area contributed by atoms with E-state index in [9.17, 15) is 18.0 Å². The Morgan fingerprint density at radius 1 is 1.12 bits per heavy atom. The minimum atomic E-state index is -3.35. The van der Waals surface area contributed by atoms with Gasteiger partial charge in [-0.1, -0.05) is 18.2 Å². The van der Waals surface area contributed by atoms with Crippen LogP contribution >= 0.6 is 11.6 Å². The van der Waals surface area contributed by atoms with E-state index in [0.29, 0.717) is 11.1 Å². The molecule has 11 heteroatoms. The van der Waals surface area contributed by atoms with Crippen LogP contribution in [-0.4, -0.2) is 54.4 Å². The molecule has 0 atom stereocenters. The Kier molecular flexibility index (Phi) is 6.99. The van der Waals surface area contributed by atoms with Gasteiger partial charge < -0.3 is 10.1 Å². The van der Waals surface area contributed by atoms with Crippen molar-refractivity contribution in [3.05, 3.63) is 48.2 Å². The summed E-state index contributed by atoms with van der Waals surface area (Å²) in [5, 5.41) is 7.88. The van der Waals surface area contributed by atoms with Crippen LogP contribution in [-0.2, 0) is 26.6 Å². The number of aryl methyl sites for hydroxylation is 1. The fraction of sp³-hybridized carbons (Fsp3) is 0.318. The molecule has 33 heavy (non-hydrogen) atoms. The standard InChI is InChI=1S/C22H25ClN4O5S/c1-22(2,13-32-19(28)12-23)24-21(29)20-17-10-7-15(11-18(17)27(3)25-20)14-5-8-16(9-6-14)26-33(4,30)31/h5-11,26H,12-13H2,1-4H3,(H,24,29). The molecule has 0 aliphatic carbocycles. The number of fused-ring (bicyclic) bond motifs is 1. The number of rotatable bonds is 8. The second kappa shape index (κ2) is 9.40. The van der Waals surface area contributed by atoms with Gasteiger partial charge in [0.25, 0.3) is 5.91 Å². The first-order valence-electron chi connectivity index (χ1n) is 9.97. The molecule has 0 saturated heterocycles. The van der Waals surface area contributed by atoms with Crippen molar-refractivity contribution in [2.75, 3.05) is 23.5 Å². The van der Waals surface area contributed by atoms with Crippen LogP contribution in [0.5, 0.6) is 0 Å². The van der Waals surface area contributed by atoms with E-state index in [1.165, 1.54) is 0 Å². The molecule has 0 saturated carbocycles. The summed E-state index contributed by atoms with van der Waals surface area (Å²) in [5.41, 5.74) is 2.43. The summed E-state index contributed by atoms with van der Waals surface area (Å²) in [4.78, 5) is 24.2. The molecule has 0 bridgehead atoms. The summed E-state index contributed by atoms with van der Waals surface area (Å²) < 4.78 is 31.9. The van der Waals surface area contributed by atoms with Crippen LogP contribution < -0.4 is 10.0 Å². The number of carbonyl (C=O) groups excluding carboxylic acids is 2. The Bertz CT molecular complexity index is 1300. The first-order valence-corrected chi connectivity index (χ1v) is 12.4. The van der Waals surface area contributed by atoms with Crippen LogP contribution in [0.1, 0.15) is 24.3 Å². The lowest BCUT2D eigenvalue weighted by molar-refractivity contribution is -0.142. The molecule has 0 unspecified atom stereocenters. The quantitative estimate of drug-likeness (QED) is 0.368. The monoisotopic (exact) mass is 492 g/mol. The highest BCUT2D eigenvalue weighted by atomic mass is 35.5. The second-order valence-electron chi connectivity index (χ2n) is 8.29. The Morgan fingerprint density at radius 3 is 2.36 bits per heavy atom. The highest BCUT2D eigenvalue weighted by Crippen LogP contribution is 2.27. The number of benzene rings is 2. The number of carbonyl (C=O) groups is 2. The van der Waals surface area contributed by atoms with Crippen LogP contribution in [0.4, 0.5) is 5.69 Å². The number of hydrogen-bond acceptors (Lipinski definition) is 6. The fourth-order valence-corrected chi connectivity index (χ4v) is 3.89. The number of esters is 1. The number of amides is 1. The molecule has 176 valence electrons. The second-order valence-corrected chi connectivity index (χ2v) is 10.3. The summed E-state index contributed by atoms with van der Waals surface area (Å²) in [6.45, 7) is 3.44. The Labute approximate surface area is 197 Å². The number of hydrogen-bond donors (Lipinski definition) is 2. The van der Waals surface area contributed by atoms with E-state index < -0.39 is 27.4 Å².